The Bertz CT molecular complexity index is 1070. The molecule has 0 atom stereocenters. The molecular weight excluding hydrogens is 294 g/mol. The summed E-state index contributed by atoms with van der Waals surface area (Å²) in [4.78, 5) is 11.3. The van der Waals surface area contributed by atoms with Crippen LogP contribution in [0.25, 0.3) is 33.1 Å². The number of nitro benzene ring substituents is 1. The van der Waals surface area contributed by atoms with Crippen molar-refractivity contribution in [2.24, 2.45) is 0 Å². The summed E-state index contributed by atoms with van der Waals surface area (Å²) >= 11 is 0. The fraction of sp³-hybridized carbons (Fsp3) is 0.111. The van der Waals surface area contributed by atoms with Gasteiger partial charge in [0.1, 0.15) is 17.3 Å². The summed E-state index contributed by atoms with van der Waals surface area (Å²) in [5.74, 6) is 2.05. The Morgan fingerprint density at radius 2 is 1.65 bits per heavy atom. The highest BCUT2D eigenvalue weighted by atomic mass is 16.6. The van der Waals surface area contributed by atoms with Gasteiger partial charge < -0.3 is 8.83 Å². The molecule has 0 saturated heterocycles. The SMILES string of the molecule is Cc1ccc(-c2c3ccccc3c([N+](=O)[O-])c3cc(C)oc23)o1. The molecule has 5 nitrogen and oxygen atoms in total. The van der Waals surface area contributed by atoms with Gasteiger partial charge in [0, 0.05) is 5.39 Å². The Labute approximate surface area is 131 Å². The van der Waals surface area contributed by atoms with Gasteiger partial charge in [0.2, 0.25) is 0 Å². The van der Waals surface area contributed by atoms with Crippen LogP contribution < -0.4 is 0 Å². The van der Waals surface area contributed by atoms with Gasteiger partial charge in [0.25, 0.3) is 5.69 Å². The van der Waals surface area contributed by atoms with E-state index in [1.807, 2.05) is 31.2 Å². The predicted molar refractivity (Wildman–Crippen MR) is 87.6 cm³/mol. The number of benzene rings is 2. The molecule has 114 valence electrons. The van der Waals surface area contributed by atoms with E-state index >= 15 is 0 Å². The van der Waals surface area contributed by atoms with Gasteiger partial charge in [-0.1, -0.05) is 18.2 Å². The lowest BCUT2D eigenvalue weighted by Gasteiger charge is -2.07. The van der Waals surface area contributed by atoms with Gasteiger partial charge in [-0.15, -0.1) is 0 Å². The molecule has 4 rings (SSSR count). The summed E-state index contributed by atoms with van der Waals surface area (Å²) in [5, 5.41) is 13.5. The summed E-state index contributed by atoms with van der Waals surface area (Å²) in [6.07, 6.45) is 0. The summed E-state index contributed by atoms with van der Waals surface area (Å²) in [6.45, 7) is 3.65. The third-order valence-electron chi connectivity index (χ3n) is 3.96. The number of nitrogens with zero attached hydrogens (tertiary/aromatic N) is 1. The lowest BCUT2D eigenvalue weighted by Crippen LogP contribution is -1.92. The third kappa shape index (κ3) is 1.93. The molecule has 4 aromatic rings. The molecule has 23 heavy (non-hydrogen) atoms. The van der Waals surface area contributed by atoms with Crippen LogP contribution in [-0.2, 0) is 0 Å². The zero-order valence-electron chi connectivity index (χ0n) is 12.6. The maximum absolute atomic E-state index is 11.6. The van der Waals surface area contributed by atoms with Gasteiger partial charge in [-0.25, -0.2) is 0 Å². The van der Waals surface area contributed by atoms with Crippen LogP contribution in [0.5, 0.6) is 0 Å². The first-order valence-corrected chi connectivity index (χ1v) is 7.22. The zero-order valence-corrected chi connectivity index (χ0v) is 12.6. The van der Waals surface area contributed by atoms with E-state index in [4.69, 9.17) is 8.83 Å². The summed E-state index contributed by atoms with van der Waals surface area (Å²) in [7, 11) is 0. The van der Waals surface area contributed by atoms with E-state index in [1.165, 1.54) is 0 Å². The average Bonchev–Trinajstić information content (AvgIpc) is 3.09. The number of fused-ring (bicyclic) bond motifs is 2. The van der Waals surface area contributed by atoms with E-state index in [2.05, 4.69) is 0 Å². The molecule has 0 amide bonds. The first-order chi connectivity index (χ1) is 11.1. The number of hydrogen-bond acceptors (Lipinski definition) is 4. The van der Waals surface area contributed by atoms with E-state index in [1.54, 1.807) is 25.1 Å². The normalized spacial score (nSPS) is 11.4. The van der Waals surface area contributed by atoms with Crippen LogP contribution >= 0.6 is 0 Å². The van der Waals surface area contributed by atoms with Crippen molar-refractivity contribution < 1.29 is 13.8 Å². The quantitative estimate of drug-likeness (QED) is 0.368. The van der Waals surface area contributed by atoms with Crippen LogP contribution in [-0.4, -0.2) is 4.92 Å². The standard InChI is InChI=1S/C18H13NO4/c1-10-7-8-15(22-10)16-12-5-3-4-6-13(12)17(19(20)21)14-9-11(2)23-18(14)16/h3-9H,1-2H3. The number of non-ortho nitro benzene ring substituents is 1. The summed E-state index contributed by atoms with van der Waals surface area (Å²) < 4.78 is 11.6. The Kier molecular flexibility index (Phi) is 2.78. The predicted octanol–water partition coefficient (Wildman–Crippen LogP) is 5.37. The van der Waals surface area contributed by atoms with Crippen molar-refractivity contribution in [3.63, 3.8) is 0 Å². The maximum atomic E-state index is 11.6. The van der Waals surface area contributed by atoms with Crippen LogP contribution in [0.4, 0.5) is 5.69 Å². The average molecular weight is 307 g/mol. The highest BCUT2D eigenvalue weighted by Crippen LogP contribution is 2.44. The van der Waals surface area contributed by atoms with Crippen LogP contribution in [0.2, 0.25) is 0 Å². The number of nitro groups is 1. The van der Waals surface area contributed by atoms with Gasteiger partial charge in [-0.3, -0.25) is 10.1 Å². The summed E-state index contributed by atoms with van der Waals surface area (Å²) in [6, 6.07) is 12.7. The molecule has 0 saturated carbocycles. The molecular formula is C18H13NO4. The molecule has 2 heterocycles. The van der Waals surface area contributed by atoms with Crippen molar-refractivity contribution in [2.45, 2.75) is 13.8 Å². The van der Waals surface area contributed by atoms with E-state index in [0.29, 0.717) is 27.9 Å². The Morgan fingerprint density at radius 3 is 2.30 bits per heavy atom. The molecule has 0 aliphatic heterocycles. The molecule has 2 aromatic carbocycles. The molecule has 0 N–H and O–H groups in total. The van der Waals surface area contributed by atoms with Crippen molar-refractivity contribution >= 4 is 27.4 Å². The molecule has 0 aliphatic carbocycles. The molecule has 0 fully saturated rings. The minimum atomic E-state index is -0.350. The molecule has 0 bridgehead atoms. The minimum absolute atomic E-state index is 0.0690. The lowest BCUT2D eigenvalue weighted by molar-refractivity contribution is -0.381. The third-order valence-corrected chi connectivity index (χ3v) is 3.96. The van der Waals surface area contributed by atoms with Gasteiger partial charge in [0.05, 0.1) is 21.3 Å². The van der Waals surface area contributed by atoms with Crippen molar-refractivity contribution in [3.8, 4) is 11.3 Å². The van der Waals surface area contributed by atoms with Gasteiger partial charge in [-0.05, 0) is 38.1 Å². The molecule has 0 aliphatic rings. The zero-order chi connectivity index (χ0) is 16.1. The molecule has 0 radical (unpaired) electrons. The van der Waals surface area contributed by atoms with Crippen molar-refractivity contribution in [2.75, 3.05) is 0 Å². The number of aryl methyl sites for hydroxylation is 2. The van der Waals surface area contributed by atoms with Gasteiger partial charge >= 0.3 is 0 Å². The minimum Gasteiger partial charge on any atom is -0.461 e. The fourth-order valence-corrected chi connectivity index (χ4v) is 3.06. The first-order valence-electron chi connectivity index (χ1n) is 7.22. The second-order valence-electron chi connectivity index (χ2n) is 5.54. The molecule has 2 aromatic heterocycles. The molecule has 0 unspecified atom stereocenters. The van der Waals surface area contributed by atoms with Crippen LogP contribution in [0.1, 0.15) is 11.5 Å². The first kappa shape index (κ1) is 13.6. The lowest BCUT2D eigenvalue weighted by atomic mass is 9.98. The second kappa shape index (κ2) is 4.71. The summed E-state index contributed by atoms with van der Waals surface area (Å²) in [5.41, 5.74) is 1.31. The van der Waals surface area contributed by atoms with E-state index < -0.39 is 0 Å². The Morgan fingerprint density at radius 1 is 0.913 bits per heavy atom. The fourth-order valence-electron chi connectivity index (χ4n) is 3.06. The van der Waals surface area contributed by atoms with Crippen molar-refractivity contribution in [3.05, 3.63) is 64.1 Å². The van der Waals surface area contributed by atoms with Crippen LogP contribution in [0.15, 0.2) is 51.3 Å². The van der Waals surface area contributed by atoms with E-state index in [0.717, 1.165) is 16.7 Å². The highest BCUT2D eigenvalue weighted by molar-refractivity contribution is 6.16. The smallest absolute Gasteiger partial charge is 0.288 e. The maximum Gasteiger partial charge on any atom is 0.288 e. The number of furan rings is 2. The van der Waals surface area contributed by atoms with Crippen molar-refractivity contribution in [1.82, 2.24) is 0 Å². The van der Waals surface area contributed by atoms with Gasteiger partial charge in [0.15, 0.2) is 5.58 Å². The van der Waals surface area contributed by atoms with E-state index in [9.17, 15) is 10.1 Å². The van der Waals surface area contributed by atoms with Gasteiger partial charge in [-0.2, -0.15) is 0 Å². The second-order valence-corrected chi connectivity index (χ2v) is 5.54. The molecule has 5 heteroatoms. The highest BCUT2D eigenvalue weighted by Gasteiger charge is 2.26. The van der Waals surface area contributed by atoms with Crippen LogP contribution in [0, 0.1) is 24.0 Å². The topological polar surface area (TPSA) is 69.4 Å². The van der Waals surface area contributed by atoms with Crippen molar-refractivity contribution in [1.29, 1.82) is 0 Å². The number of hydrogen-bond donors (Lipinski definition) is 0. The molecule has 0 spiro atoms. The largest absolute Gasteiger partial charge is 0.461 e. The van der Waals surface area contributed by atoms with E-state index in [-0.39, 0.29) is 10.6 Å². The Balaban J connectivity index is 2.28. The number of rotatable bonds is 2. The monoisotopic (exact) mass is 307 g/mol. The Hall–Kier alpha value is -3.08. The van der Waals surface area contributed by atoms with Crippen LogP contribution in [0.3, 0.4) is 0 Å².